The quantitative estimate of drug-likeness (QED) is 0.487. The summed E-state index contributed by atoms with van der Waals surface area (Å²) < 4.78 is 17.0. The maximum absolute atomic E-state index is 13.7. The molecule has 158 valence electrons. The lowest BCUT2D eigenvalue weighted by Gasteiger charge is -2.33. The van der Waals surface area contributed by atoms with Gasteiger partial charge in [0.25, 0.3) is 5.91 Å². The first-order valence-electron chi connectivity index (χ1n) is 10.2. The Labute approximate surface area is 182 Å². The molecule has 1 amide bonds. The Hall–Kier alpha value is -3.26. The minimum absolute atomic E-state index is 0.00390. The minimum Gasteiger partial charge on any atom is -0.336 e. The number of halogens is 1. The van der Waals surface area contributed by atoms with E-state index in [0.29, 0.717) is 34.7 Å². The van der Waals surface area contributed by atoms with Crippen molar-refractivity contribution in [2.45, 2.75) is 25.4 Å². The van der Waals surface area contributed by atoms with Crippen molar-refractivity contribution in [3.63, 3.8) is 0 Å². The predicted molar refractivity (Wildman–Crippen MR) is 118 cm³/mol. The molecule has 6 nitrogen and oxygen atoms in total. The van der Waals surface area contributed by atoms with E-state index in [4.69, 9.17) is 0 Å². The fraction of sp³-hybridized carbons (Fsp3) is 0.261. The van der Waals surface area contributed by atoms with E-state index >= 15 is 0 Å². The van der Waals surface area contributed by atoms with Crippen LogP contribution in [0.2, 0.25) is 0 Å². The van der Waals surface area contributed by atoms with E-state index in [9.17, 15) is 14.0 Å². The zero-order chi connectivity index (χ0) is 21.4. The SMILES string of the molecule is O=C(c1cccs1)N1CCC[C@H](n2c(=O)n(Cc3cccc(F)c3)c3cccnc32)C1. The summed E-state index contributed by atoms with van der Waals surface area (Å²) in [4.78, 5) is 33.3. The van der Waals surface area contributed by atoms with Crippen LogP contribution in [0.3, 0.4) is 0 Å². The Bertz CT molecular complexity index is 1290. The summed E-state index contributed by atoms with van der Waals surface area (Å²) in [6.45, 7) is 1.40. The number of aromatic nitrogens is 3. The van der Waals surface area contributed by atoms with Gasteiger partial charge >= 0.3 is 5.69 Å². The zero-order valence-electron chi connectivity index (χ0n) is 16.8. The molecule has 0 saturated carbocycles. The van der Waals surface area contributed by atoms with Crippen molar-refractivity contribution in [1.29, 1.82) is 0 Å². The number of rotatable bonds is 4. The fourth-order valence-electron chi connectivity index (χ4n) is 4.31. The number of thiophene rings is 1. The number of amides is 1. The molecule has 3 aromatic heterocycles. The van der Waals surface area contributed by atoms with Crippen molar-refractivity contribution < 1.29 is 9.18 Å². The van der Waals surface area contributed by atoms with Gasteiger partial charge in [0.1, 0.15) is 5.82 Å². The van der Waals surface area contributed by atoms with Crippen LogP contribution in [0.15, 0.2) is 64.9 Å². The molecule has 0 bridgehead atoms. The van der Waals surface area contributed by atoms with Gasteiger partial charge in [-0.25, -0.2) is 14.2 Å². The normalized spacial score (nSPS) is 16.7. The molecule has 1 aliphatic heterocycles. The van der Waals surface area contributed by atoms with Crippen LogP contribution in [0.25, 0.3) is 11.2 Å². The predicted octanol–water partition coefficient (Wildman–Crippen LogP) is 3.92. The van der Waals surface area contributed by atoms with Crippen molar-refractivity contribution in [2.75, 3.05) is 13.1 Å². The summed E-state index contributed by atoms with van der Waals surface area (Å²) in [6, 6.07) is 13.5. The Balaban J connectivity index is 1.52. The van der Waals surface area contributed by atoms with E-state index in [-0.39, 0.29) is 30.0 Å². The lowest BCUT2D eigenvalue weighted by molar-refractivity contribution is 0.0684. The van der Waals surface area contributed by atoms with Gasteiger partial charge in [-0.2, -0.15) is 0 Å². The molecule has 1 saturated heterocycles. The summed E-state index contributed by atoms with van der Waals surface area (Å²) in [5, 5.41) is 1.89. The third kappa shape index (κ3) is 3.67. The molecule has 0 unspecified atom stereocenters. The van der Waals surface area contributed by atoms with Crippen LogP contribution in [0.1, 0.15) is 34.1 Å². The standard InChI is InChI=1S/C23H21FN4O2S/c24-17-6-1-5-16(13-17)14-27-19-8-2-10-25-21(19)28(23(27)30)18-7-3-11-26(15-18)22(29)20-9-4-12-31-20/h1-2,4-6,8-10,12-13,18H,3,7,11,14-15H2/t18-/m0/s1. The van der Waals surface area contributed by atoms with Crippen molar-refractivity contribution in [3.8, 4) is 0 Å². The fourth-order valence-corrected chi connectivity index (χ4v) is 5.01. The van der Waals surface area contributed by atoms with Crippen molar-refractivity contribution in [1.82, 2.24) is 19.0 Å². The van der Waals surface area contributed by atoms with Gasteiger partial charge < -0.3 is 4.90 Å². The van der Waals surface area contributed by atoms with Gasteiger partial charge in [-0.15, -0.1) is 11.3 Å². The van der Waals surface area contributed by atoms with E-state index in [2.05, 4.69) is 4.98 Å². The van der Waals surface area contributed by atoms with Crippen LogP contribution >= 0.6 is 11.3 Å². The maximum Gasteiger partial charge on any atom is 0.330 e. The van der Waals surface area contributed by atoms with Crippen LogP contribution in [0.5, 0.6) is 0 Å². The van der Waals surface area contributed by atoms with Gasteiger partial charge in [0.15, 0.2) is 5.65 Å². The molecule has 0 N–H and O–H groups in total. The second-order valence-corrected chi connectivity index (χ2v) is 8.69. The van der Waals surface area contributed by atoms with E-state index in [1.165, 1.54) is 23.5 Å². The van der Waals surface area contributed by atoms with Crippen LogP contribution < -0.4 is 5.69 Å². The second kappa shape index (κ2) is 8.11. The van der Waals surface area contributed by atoms with Crippen LogP contribution in [-0.4, -0.2) is 38.0 Å². The molecule has 4 aromatic rings. The number of pyridine rings is 1. The van der Waals surface area contributed by atoms with Gasteiger partial charge in [0.05, 0.1) is 23.0 Å². The molecule has 1 aromatic carbocycles. The molecule has 31 heavy (non-hydrogen) atoms. The third-order valence-electron chi connectivity index (χ3n) is 5.73. The van der Waals surface area contributed by atoms with Crippen LogP contribution in [0.4, 0.5) is 4.39 Å². The molecule has 1 aliphatic rings. The van der Waals surface area contributed by atoms with E-state index < -0.39 is 0 Å². The summed E-state index contributed by atoms with van der Waals surface area (Å²) >= 11 is 1.43. The number of likely N-dealkylation sites (tertiary alicyclic amines) is 1. The first-order valence-corrected chi connectivity index (χ1v) is 11.1. The number of benzene rings is 1. The number of carbonyl (C=O) groups excluding carboxylic acids is 1. The summed E-state index contributed by atoms with van der Waals surface area (Å²) in [5.74, 6) is -0.327. The largest absolute Gasteiger partial charge is 0.336 e. The molecular formula is C23H21FN4O2S. The second-order valence-electron chi connectivity index (χ2n) is 7.74. The molecule has 0 radical (unpaired) electrons. The summed E-state index contributed by atoms with van der Waals surface area (Å²) in [6.07, 6.45) is 3.28. The minimum atomic E-state index is -0.331. The highest BCUT2D eigenvalue weighted by molar-refractivity contribution is 7.12. The van der Waals surface area contributed by atoms with E-state index in [1.807, 2.05) is 28.5 Å². The number of nitrogens with zero attached hydrogens (tertiary/aromatic N) is 4. The molecular weight excluding hydrogens is 415 g/mol. The number of fused-ring (bicyclic) bond motifs is 1. The summed E-state index contributed by atoms with van der Waals surface area (Å²) in [5.41, 5.74) is 1.83. The smallest absolute Gasteiger partial charge is 0.330 e. The molecule has 8 heteroatoms. The topological polar surface area (TPSA) is 60.1 Å². The lowest BCUT2D eigenvalue weighted by Crippen LogP contribution is -2.43. The maximum atomic E-state index is 13.7. The number of hydrogen-bond donors (Lipinski definition) is 0. The van der Waals surface area contributed by atoms with Crippen LogP contribution in [-0.2, 0) is 6.54 Å². The van der Waals surface area contributed by atoms with Crippen LogP contribution in [0, 0.1) is 5.82 Å². The first-order chi connectivity index (χ1) is 15.1. The monoisotopic (exact) mass is 436 g/mol. The number of hydrogen-bond acceptors (Lipinski definition) is 4. The van der Waals surface area contributed by atoms with Gasteiger partial charge in [-0.3, -0.25) is 13.9 Å². The zero-order valence-corrected chi connectivity index (χ0v) is 17.6. The number of imidazole rings is 1. The third-order valence-corrected chi connectivity index (χ3v) is 6.59. The number of carbonyl (C=O) groups is 1. The molecule has 5 rings (SSSR count). The average Bonchev–Trinajstić information content (AvgIpc) is 3.41. The molecule has 4 heterocycles. The Morgan fingerprint density at radius 3 is 2.90 bits per heavy atom. The molecule has 1 atom stereocenters. The average molecular weight is 437 g/mol. The van der Waals surface area contributed by atoms with E-state index in [1.54, 1.807) is 33.5 Å². The molecule has 1 fully saturated rings. The Morgan fingerprint density at radius 2 is 2.10 bits per heavy atom. The highest BCUT2D eigenvalue weighted by atomic mass is 32.1. The van der Waals surface area contributed by atoms with Crippen molar-refractivity contribution >= 4 is 28.4 Å². The highest BCUT2D eigenvalue weighted by Crippen LogP contribution is 2.26. The summed E-state index contributed by atoms with van der Waals surface area (Å²) in [7, 11) is 0. The molecule has 0 aliphatic carbocycles. The van der Waals surface area contributed by atoms with Crippen molar-refractivity contribution in [2.24, 2.45) is 0 Å². The Kier molecular flexibility index (Phi) is 5.15. The Morgan fingerprint density at radius 1 is 1.19 bits per heavy atom. The van der Waals surface area contributed by atoms with Gasteiger partial charge in [-0.1, -0.05) is 18.2 Å². The molecule has 0 spiro atoms. The van der Waals surface area contributed by atoms with Gasteiger partial charge in [0.2, 0.25) is 0 Å². The lowest BCUT2D eigenvalue weighted by atomic mass is 10.1. The van der Waals surface area contributed by atoms with Crippen molar-refractivity contribution in [3.05, 3.63) is 86.8 Å². The number of piperidine rings is 1. The van der Waals surface area contributed by atoms with Gasteiger partial charge in [0, 0.05) is 19.3 Å². The van der Waals surface area contributed by atoms with E-state index in [0.717, 1.165) is 12.8 Å². The van der Waals surface area contributed by atoms with Gasteiger partial charge in [-0.05, 0) is 54.1 Å². The first kappa shape index (κ1) is 19.7. The highest BCUT2D eigenvalue weighted by Gasteiger charge is 2.29.